The maximum atomic E-state index is 12.6. The molecule has 0 aliphatic carbocycles. The van der Waals surface area contributed by atoms with Gasteiger partial charge in [-0.2, -0.15) is 0 Å². The lowest BCUT2D eigenvalue weighted by molar-refractivity contribution is -0.147. The first-order chi connectivity index (χ1) is 13.9. The van der Waals surface area contributed by atoms with E-state index in [1.807, 2.05) is 20.8 Å². The molecule has 152 valence electrons. The maximum absolute atomic E-state index is 12.6. The van der Waals surface area contributed by atoms with E-state index in [2.05, 4.69) is 10.3 Å². The molecule has 3 rings (SSSR count). The van der Waals surface area contributed by atoms with Gasteiger partial charge in [0.1, 0.15) is 17.1 Å². The summed E-state index contributed by atoms with van der Waals surface area (Å²) in [4.78, 5) is 42.7. The second-order valence-electron chi connectivity index (χ2n) is 6.28. The first kappa shape index (κ1) is 20.5. The van der Waals surface area contributed by atoms with Crippen molar-refractivity contribution in [2.24, 2.45) is 0 Å². The molecule has 0 spiro atoms. The summed E-state index contributed by atoms with van der Waals surface area (Å²) in [6, 6.07) is 6.97. The van der Waals surface area contributed by atoms with E-state index >= 15 is 0 Å². The normalized spacial score (nSPS) is 10.7. The summed E-state index contributed by atoms with van der Waals surface area (Å²) >= 11 is 1.44. The number of anilines is 1. The van der Waals surface area contributed by atoms with E-state index in [-0.39, 0.29) is 12.1 Å². The molecule has 1 aromatic carbocycles. The Labute approximate surface area is 171 Å². The van der Waals surface area contributed by atoms with E-state index in [0.29, 0.717) is 28.3 Å². The van der Waals surface area contributed by atoms with E-state index in [0.717, 1.165) is 10.4 Å². The topological polar surface area (TPSA) is 99.5 Å². The Balaban J connectivity index is 1.61. The molecule has 0 atom stereocenters. The zero-order chi connectivity index (χ0) is 21.0. The summed E-state index contributed by atoms with van der Waals surface area (Å²) < 4.78 is 11.6. The largest absolute Gasteiger partial charge is 0.492 e. The number of ether oxygens (including phenoxy) is 2. The van der Waals surface area contributed by atoms with Gasteiger partial charge in [-0.05, 0) is 38.5 Å². The molecule has 0 saturated carbocycles. The molecule has 1 amide bonds. The zero-order valence-electron chi connectivity index (χ0n) is 16.4. The molecule has 0 fully saturated rings. The molecule has 0 aliphatic rings. The SMILES string of the molecule is CCOc1ccccc1NC(=O)COC(=O)Cn1cnc2sc(C)c(C)c2c1=O. The highest BCUT2D eigenvalue weighted by molar-refractivity contribution is 7.18. The minimum Gasteiger partial charge on any atom is -0.492 e. The van der Waals surface area contributed by atoms with Crippen LogP contribution in [-0.2, 0) is 20.9 Å². The highest BCUT2D eigenvalue weighted by Gasteiger charge is 2.15. The van der Waals surface area contributed by atoms with Crippen molar-refractivity contribution in [1.82, 2.24) is 9.55 Å². The molecule has 0 radical (unpaired) electrons. The zero-order valence-corrected chi connectivity index (χ0v) is 17.2. The van der Waals surface area contributed by atoms with Crippen molar-refractivity contribution in [2.45, 2.75) is 27.3 Å². The molecule has 2 heterocycles. The molecule has 3 aromatic rings. The van der Waals surface area contributed by atoms with Crippen molar-refractivity contribution >= 4 is 39.1 Å². The number of para-hydroxylation sites is 2. The summed E-state index contributed by atoms with van der Waals surface area (Å²) in [6.45, 7) is 5.27. The fourth-order valence-electron chi connectivity index (χ4n) is 2.75. The number of aromatic nitrogens is 2. The standard InChI is InChI=1S/C20H21N3O5S/c1-4-27-15-8-6-5-7-14(15)22-16(24)10-28-17(25)9-23-11-21-19-18(20(23)26)12(2)13(3)29-19/h5-8,11H,4,9-10H2,1-3H3,(H,22,24). The van der Waals surface area contributed by atoms with E-state index < -0.39 is 18.5 Å². The summed E-state index contributed by atoms with van der Waals surface area (Å²) in [7, 11) is 0. The molecule has 8 nitrogen and oxygen atoms in total. The number of esters is 1. The monoisotopic (exact) mass is 415 g/mol. The van der Waals surface area contributed by atoms with Gasteiger partial charge in [0, 0.05) is 4.88 Å². The smallest absolute Gasteiger partial charge is 0.326 e. The average molecular weight is 415 g/mol. The molecule has 0 aliphatic heterocycles. The Morgan fingerprint density at radius 2 is 2.00 bits per heavy atom. The van der Waals surface area contributed by atoms with Gasteiger partial charge in [0.05, 0.1) is 24.0 Å². The van der Waals surface area contributed by atoms with Crippen LogP contribution in [-0.4, -0.2) is 34.6 Å². The van der Waals surface area contributed by atoms with Crippen molar-refractivity contribution in [3.63, 3.8) is 0 Å². The predicted octanol–water partition coefficient (Wildman–Crippen LogP) is 2.66. The van der Waals surface area contributed by atoms with E-state index in [9.17, 15) is 14.4 Å². The number of hydrogen-bond donors (Lipinski definition) is 1. The molecule has 29 heavy (non-hydrogen) atoms. The first-order valence-electron chi connectivity index (χ1n) is 9.03. The van der Waals surface area contributed by atoms with Crippen molar-refractivity contribution in [2.75, 3.05) is 18.5 Å². The lowest BCUT2D eigenvalue weighted by Gasteiger charge is -2.11. The van der Waals surface area contributed by atoms with Gasteiger partial charge in [0.25, 0.3) is 11.5 Å². The third kappa shape index (κ3) is 4.62. The number of thiophene rings is 1. The van der Waals surface area contributed by atoms with E-state index in [4.69, 9.17) is 9.47 Å². The van der Waals surface area contributed by atoms with Crippen LogP contribution >= 0.6 is 11.3 Å². The minimum absolute atomic E-state index is 0.302. The fourth-order valence-corrected chi connectivity index (χ4v) is 3.74. The summed E-state index contributed by atoms with van der Waals surface area (Å²) in [5.74, 6) is -0.677. The Hall–Kier alpha value is -3.20. The quantitative estimate of drug-likeness (QED) is 0.596. The lowest BCUT2D eigenvalue weighted by atomic mass is 10.2. The number of hydrogen-bond acceptors (Lipinski definition) is 7. The third-order valence-corrected chi connectivity index (χ3v) is 5.40. The Bertz CT molecular complexity index is 1120. The van der Waals surface area contributed by atoms with Gasteiger partial charge in [-0.25, -0.2) is 4.98 Å². The second kappa shape index (κ2) is 8.87. The van der Waals surface area contributed by atoms with Gasteiger partial charge in [0.2, 0.25) is 0 Å². The summed E-state index contributed by atoms with van der Waals surface area (Å²) in [5, 5.41) is 3.15. The van der Waals surface area contributed by atoms with Crippen LogP contribution in [0.25, 0.3) is 10.2 Å². The van der Waals surface area contributed by atoms with Crippen LogP contribution in [0.15, 0.2) is 35.4 Å². The molecular formula is C20H21N3O5S. The number of rotatable bonds is 7. The number of nitrogens with zero attached hydrogens (tertiary/aromatic N) is 2. The van der Waals surface area contributed by atoms with Gasteiger partial charge < -0.3 is 14.8 Å². The third-order valence-electron chi connectivity index (χ3n) is 4.28. The van der Waals surface area contributed by atoms with Crippen molar-refractivity contribution in [1.29, 1.82) is 0 Å². The molecule has 2 aromatic heterocycles. The Morgan fingerprint density at radius 1 is 1.24 bits per heavy atom. The van der Waals surface area contributed by atoms with Gasteiger partial charge in [-0.1, -0.05) is 12.1 Å². The number of aryl methyl sites for hydroxylation is 2. The van der Waals surface area contributed by atoms with Crippen LogP contribution in [0.2, 0.25) is 0 Å². The second-order valence-corrected chi connectivity index (χ2v) is 7.48. The molecule has 9 heteroatoms. The molecule has 0 bridgehead atoms. The fraction of sp³-hybridized carbons (Fsp3) is 0.300. The number of carbonyl (C=O) groups excluding carboxylic acids is 2. The molecule has 0 saturated heterocycles. The average Bonchev–Trinajstić information content (AvgIpc) is 2.99. The Kier molecular flexibility index (Phi) is 6.28. The minimum atomic E-state index is -0.703. The van der Waals surface area contributed by atoms with E-state index in [1.165, 1.54) is 22.2 Å². The van der Waals surface area contributed by atoms with Crippen LogP contribution in [0, 0.1) is 13.8 Å². The number of nitrogens with one attached hydrogen (secondary N) is 1. The Morgan fingerprint density at radius 3 is 2.76 bits per heavy atom. The van der Waals surface area contributed by atoms with Gasteiger partial charge in [-0.15, -0.1) is 11.3 Å². The molecular weight excluding hydrogens is 394 g/mol. The predicted molar refractivity (Wildman–Crippen MR) is 111 cm³/mol. The van der Waals surface area contributed by atoms with Gasteiger partial charge >= 0.3 is 5.97 Å². The maximum Gasteiger partial charge on any atom is 0.326 e. The van der Waals surface area contributed by atoms with Crippen LogP contribution in [0.1, 0.15) is 17.4 Å². The lowest BCUT2D eigenvalue weighted by Crippen LogP contribution is -2.28. The van der Waals surface area contributed by atoms with Crippen LogP contribution in [0.4, 0.5) is 5.69 Å². The number of benzene rings is 1. The first-order valence-corrected chi connectivity index (χ1v) is 9.84. The van der Waals surface area contributed by atoms with Crippen molar-refractivity contribution in [3.05, 3.63) is 51.4 Å². The van der Waals surface area contributed by atoms with E-state index in [1.54, 1.807) is 24.3 Å². The van der Waals surface area contributed by atoms with Crippen molar-refractivity contribution in [3.8, 4) is 5.75 Å². The van der Waals surface area contributed by atoms with Crippen molar-refractivity contribution < 1.29 is 19.1 Å². The number of fused-ring (bicyclic) bond motifs is 1. The summed E-state index contributed by atoms with van der Waals surface area (Å²) in [6.07, 6.45) is 1.32. The highest BCUT2D eigenvalue weighted by atomic mass is 32.1. The van der Waals surface area contributed by atoms with Crippen LogP contribution < -0.4 is 15.6 Å². The highest BCUT2D eigenvalue weighted by Crippen LogP contribution is 2.25. The number of amides is 1. The molecule has 0 unspecified atom stereocenters. The summed E-state index contributed by atoms with van der Waals surface area (Å²) in [5.41, 5.74) is 1.05. The van der Waals surface area contributed by atoms with Crippen LogP contribution in [0.5, 0.6) is 5.75 Å². The molecule has 1 N–H and O–H groups in total. The number of carbonyl (C=O) groups is 2. The van der Waals surface area contributed by atoms with Crippen LogP contribution in [0.3, 0.4) is 0 Å². The van der Waals surface area contributed by atoms with Gasteiger partial charge in [0.15, 0.2) is 6.61 Å². The van der Waals surface area contributed by atoms with Gasteiger partial charge in [-0.3, -0.25) is 19.0 Å².